The molecule has 0 saturated carbocycles. The lowest BCUT2D eigenvalue weighted by atomic mass is 9.92. The third-order valence-electron chi connectivity index (χ3n) is 8.65. The molecule has 3 nitrogen and oxygen atoms in total. The van der Waals surface area contributed by atoms with E-state index in [0.717, 1.165) is 38.8 Å². The van der Waals surface area contributed by atoms with Gasteiger partial charge < -0.3 is 4.42 Å². The van der Waals surface area contributed by atoms with Crippen LogP contribution >= 0.6 is 11.3 Å². The Kier molecular flexibility index (Phi) is 6.02. The van der Waals surface area contributed by atoms with E-state index in [1.54, 1.807) is 11.3 Å². The summed E-state index contributed by atoms with van der Waals surface area (Å²) >= 11 is 1.78. The highest BCUT2D eigenvalue weighted by molar-refractivity contribution is 7.17. The van der Waals surface area contributed by atoms with Crippen molar-refractivity contribution in [3.8, 4) is 28.2 Å². The van der Waals surface area contributed by atoms with E-state index in [4.69, 9.17) is 9.40 Å². The lowest BCUT2D eigenvalue weighted by molar-refractivity contribution is 0.669. The van der Waals surface area contributed by atoms with E-state index in [9.17, 15) is 0 Å². The average Bonchev–Trinajstić information content (AvgIpc) is 3.72. The second-order valence-corrected chi connectivity index (χ2v) is 12.9. The van der Waals surface area contributed by atoms with Crippen molar-refractivity contribution >= 4 is 54.4 Å². The Labute approximate surface area is 255 Å². The van der Waals surface area contributed by atoms with Crippen molar-refractivity contribution in [3.63, 3.8) is 0 Å². The van der Waals surface area contributed by atoms with E-state index in [0.29, 0.717) is 11.8 Å². The molecule has 5 aromatic carbocycles. The highest BCUT2D eigenvalue weighted by Crippen LogP contribution is 2.42. The molecule has 0 unspecified atom stereocenters. The Bertz CT molecular complexity index is 2290. The normalized spacial score (nSPS) is 12.1. The van der Waals surface area contributed by atoms with E-state index >= 15 is 0 Å². The predicted octanol–water partition coefficient (Wildman–Crippen LogP) is 11.7. The van der Waals surface area contributed by atoms with Gasteiger partial charge in [-0.25, -0.2) is 4.98 Å². The number of thiophene rings is 1. The Balaban J connectivity index is 1.37. The molecule has 0 amide bonds. The molecule has 0 spiro atoms. The summed E-state index contributed by atoms with van der Waals surface area (Å²) in [5.41, 5.74) is 11.5. The number of hydrogen-bond donors (Lipinski definition) is 0. The molecule has 43 heavy (non-hydrogen) atoms. The molecule has 8 rings (SSSR count). The number of rotatable bonds is 5. The first-order valence-corrected chi connectivity index (χ1v) is 15.9. The zero-order valence-electron chi connectivity index (χ0n) is 24.8. The molecule has 0 aliphatic heterocycles. The number of aromatic nitrogens is 2. The summed E-state index contributed by atoms with van der Waals surface area (Å²) in [4.78, 5) is 5.31. The van der Waals surface area contributed by atoms with Gasteiger partial charge in [0, 0.05) is 31.8 Å². The van der Waals surface area contributed by atoms with Crippen LogP contribution < -0.4 is 0 Å². The molecule has 3 aromatic heterocycles. The van der Waals surface area contributed by atoms with Crippen LogP contribution in [0, 0.1) is 0 Å². The van der Waals surface area contributed by atoms with Crippen LogP contribution in [0.2, 0.25) is 0 Å². The maximum Gasteiger partial charge on any atom is 0.147 e. The molecule has 0 saturated heterocycles. The fourth-order valence-corrected chi connectivity index (χ4v) is 7.41. The van der Waals surface area contributed by atoms with Crippen molar-refractivity contribution in [2.45, 2.75) is 39.5 Å². The predicted molar refractivity (Wildman–Crippen MR) is 183 cm³/mol. The van der Waals surface area contributed by atoms with Crippen LogP contribution in [-0.4, -0.2) is 9.55 Å². The van der Waals surface area contributed by atoms with Crippen molar-refractivity contribution < 1.29 is 4.42 Å². The quantitative estimate of drug-likeness (QED) is 0.204. The lowest BCUT2D eigenvalue weighted by Crippen LogP contribution is -2.08. The Morgan fingerprint density at radius 2 is 1.33 bits per heavy atom. The van der Waals surface area contributed by atoms with Crippen LogP contribution in [0.3, 0.4) is 0 Å². The molecular formula is C39H32N2OS. The summed E-state index contributed by atoms with van der Waals surface area (Å²) in [7, 11) is 0. The molecule has 210 valence electrons. The first-order chi connectivity index (χ1) is 21.0. The monoisotopic (exact) mass is 576 g/mol. The second kappa shape index (κ2) is 9.96. The first kappa shape index (κ1) is 26.0. The SMILES string of the molecule is CC(C)c1cccc(C(C)C)c1-n1c(-c2csc3ccc(-c4ccc5oc6ccccc6c5c4)cc23)nc2ccccc21. The van der Waals surface area contributed by atoms with Crippen LogP contribution in [-0.2, 0) is 0 Å². The largest absolute Gasteiger partial charge is 0.456 e. The highest BCUT2D eigenvalue weighted by Gasteiger charge is 2.23. The smallest absolute Gasteiger partial charge is 0.147 e. The third kappa shape index (κ3) is 4.12. The van der Waals surface area contributed by atoms with Gasteiger partial charge in [-0.1, -0.05) is 88.4 Å². The standard InChI is InChI=1S/C39H32N2OS/c1-23(2)27-11-9-12-28(24(3)4)38(27)41-34-14-7-6-13-33(34)40-39(41)32-22-43-37-19-17-26(21-31(32)37)25-16-18-36-30(20-25)29-10-5-8-15-35(29)42-36/h5-24H,1-4H3. The number of benzene rings is 5. The summed E-state index contributed by atoms with van der Waals surface area (Å²) in [6, 6.07) is 36.9. The molecule has 0 radical (unpaired) electrons. The van der Waals surface area contributed by atoms with Crippen molar-refractivity contribution in [3.05, 3.63) is 120 Å². The van der Waals surface area contributed by atoms with Gasteiger partial charge in [0.15, 0.2) is 0 Å². The molecule has 8 aromatic rings. The molecule has 4 heteroatoms. The van der Waals surface area contributed by atoms with Gasteiger partial charge in [0.2, 0.25) is 0 Å². The average molecular weight is 577 g/mol. The van der Waals surface area contributed by atoms with Gasteiger partial charge >= 0.3 is 0 Å². The van der Waals surface area contributed by atoms with Crippen LogP contribution in [0.5, 0.6) is 0 Å². The minimum atomic E-state index is 0.377. The molecule has 3 heterocycles. The van der Waals surface area contributed by atoms with Gasteiger partial charge in [0.05, 0.1) is 16.7 Å². The van der Waals surface area contributed by atoms with Crippen molar-refractivity contribution in [1.82, 2.24) is 9.55 Å². The van der Waals surface area contributed by atoms with E-state index < -0.39 is 0 Å². The second-order valence-electron chi connectivity index (χ2n) is 12.0. The van der Waals surface area contributed by atoms with Crippen molar-refractivity contribution in [2.75, 3.05) is 0 Å². The number of nitrogens with zero attached hydrogens (tertiary/aromatic N) is 2. The van der Waals surface area contributed by atoms with Crippen LogP contribution in [0.15, 0.2) is 113 Å². The fraction of sp³-hybridized carbons (Fsp3) is 0.154. The van der Waals surface area contributed by atoms with Gasteiger partial charge in [-0.2, -0.15) is 0 Å². The van der Waals surface area contributed by atoms with E-state index in [1.165, 1.54) is 43.6 Å². The minimum absolute atomic E-state index is 0.377. The first-order valence-electron chi connectivity index (χ1n) is 15.0. The van der Waals surface area contributed by atoms with Gasteiger partial charge in [-0.05, 0) is 76.6 Å². The summed E-state index contributed by atoms with van der Waals surface area (Å²) in [5.74, 6) is 1.75. The Hall–Kier alpha value is -4.67. The summed E-state index contributed by atoms with van der Waals surface area (Å²) < 4.78 is 9.79. The maximum atomic E-state index is 6.11. The number of hydrogen-bond acceptors (Lipinski definition) is 3. The van der Waals surface area contributed by atoms with Crippen LogP contribution in [0.4, 0.5) is 0 Å². The number of imidazole rings is 1. The molecule has 0 atom stereocenters. The summed E-state index contributed by atoms with van der Waals surface area (Å²) in [6.07, 6.45) is 0. The molecule has 0 aliphatic rings. The van der Waals surface area contributed by atoms with Gasteiger partial charge in [-0.15, -0.1) is 11.3 Å². The van der Waals surface area contributed by atoms with E-state index in [2.05, 4.69) is 129 Å². The Morgan fingerprint density at radius 1 is 0.651 bits per heavy atom. The fourth-order valence-electron chi connectivity index (χ4n) is 6.49. The van der Waals surface area contributed by atoms with Gasteiger partial charge in [-0.3, -0.25) is 4.57 Å². The zero-order valence-corrected chi connectivity index (χ0v) is 25.6. The van der Waals surface area contributed by atoms with Gasteiger partial charge in [0.25, 0.3) is 0 Å². The molecule has 0 N–H and O–H groups in total. The van der Waals surface area contributed by atoms with Crippen LogP contribution in [0.25, 0.3) is 71.3 Å². The van der Waals surface area contributed by atoms with Crippen molar-refractivity contribution in [1.29, 1.82) is 0 Å². The number of fused-ring (bicyclic) bond motifs is 5. The minimum Gasteiger partial charge on any atom is -0.456 e. The van der Waals surface area contributed by atoms with Gasteiger partial charge in [0.1, 0.15) is 17.0 Å². The molecular weight excluding hydrogens is 545 g/mol. The Morgan fingerprint density at radius 3 is 2.12 bits per heavy atom. The summed E-state index contributed by atoms with van der Waals surface area (Å²) in [5, 5.41) is 5.80. The van der Waals surface area contributed by atoms with Crippen LogP contribution in [0.1, 0.15) is 50.7 Å². The van der Waals surface area contributed by atoms with Crippen molar-refractivity contribution in [2.24, 2.45) is 0 Å². The number of para-hydroxylation sites is 4. The number of furan rings is 1. The molecule has 0 bridgehead atoms. The van der Waals surface area contributed by atoms with E-state index in [-0.39, 0.29) is 0 Å². The molecule has 0 fully saturated rings. The maximum absolute atomic E-state index is 6.11. The zero-order chi connectivity index (χ0) is 29.2. The van der Waals surface area contributed by atoms with E-state index in [1.807, 2.05) is 12.1 Å². The lowest BCUT2D eigenvalue weighted by Gasteiger charge is -2.22. The summed E-state index contributed by atoms with van der Waals surface area (Å²) in [6.45, 7) is 9.14. The third-order valence-corrected chi connectivity index (χ3v) is 9.61. The molecule has 0 aliphatic carbocycles. The highest BCUT2D eigenvalue weighted by atomic mass is 32.1. The topological polar surface area (TPSA) is 31.0 Å².